The van der Waals surface area contributed by atoms with E-state index in [0.29, 0.717) is 0 Å². The predicted molar refractivity (Wildman–Crippen MR) is 58.0 cm³/mol. The summed E-state index contributed by atoms with van der Waals surface area (Å²) >= 11 is 0. The van der Waals surface area contributed by atoms with Gasteiger partial charge in [0.1, 0.15) is 0 Å². The van der Waals surface area contributed by atoms with E-state index in [2.05, 4.69) is 0 Å². The van der Waals surface area contributed by atoms with Gasteiger partial charge in [0.15, 0.2) is 0 Å². The van der Waals surface area contributed by atoms with Gasteiger partial charge in [0.25, 0.3) is 0 Å². The summed E-state index contributed by atoms with van der Waals surface area (Å²) in [6.07, 6.45) is -7.88. The molecule has 0 amide bonds. The van der Waals surface area contributed by atoms with E-state index in [4.69, 9.17) is 4.55 Å². The molecule has 0 saturated carbocycles. The summed E-state index contributed by atoms with van der Waals surface area (Å²) in [5.74, 6) is -52.0. The average Bonchev–Trinajstić information content (AvgIpc) is 2.43. The van der Waals surface area contributed by atoms with Crippen LogP contribution in [0, 0.1) is 0 Å². The molecule has 3 nitrogen and oxygen atoms in total. The summed E-state index contributed by atoms with van der Waals surface area (Å²) in [5.41, 5.74) is 0. The van der Waals surface area contributed by atoms with Gasteiger partial charge < -0.3 is 0 Å². The summed E-state index contributed by atoms with van der Waals surface area (Å²) in [6, 6.07) is 0. The molecule has 1 radical (unpaired) electrons. The first-order chi connectivity index (χ1) is 12.0. The second-order valence-electron chi connectivity index (χ2n) is 4.94. The molecule has 1 N–H and O–H groups in total. The Morgan fingerprint density at radius 1 is 0.433 bits per heavy atom. The molecule has 0 aromatic heterocycles. The Morgan fingerprint density at radius 3 is 0.833 bits per heavy atom. The van der Waals surface area contributed by atoms with E-state index in [1.807, 2.05) is 0 Å². The van der Waals surface area contributed by atoms with Crippen LogP contribution >= 0.6 is 0 Å². The van der Waals surface area contributed by atoms with Crippen molar-refractivity contribution >= 4 is 29.0 Å². The Morgan fingerprint density at radius 2 is 0.633 bits per heavy atom. The maximum atomic E-state index is 13.0. The van der Waals surface area contributed by atoms with Crippen molar-refractivity contribution in [3.8, 4) is 0 Å². The fourth-order valence-corrected chi connectivity index (χ4v) is 1.76. The van der Waals surface area contributed by atoms with Crippen LogP contribution in [0.1, 0.15) is 0 Å². The topological polar surface area (TPSA) is 54.4 Å². The van der Waals surface area contributed by atoms with Gasteiger partial charge >= 0.3 is 57.1 Å². The average molecular weight is 507 g/mol. The van der Waals surface area contributed by atoms with Gasteiger partial charge in [-0.1, -0.05) is 0 Å². The second-order valence-corrected chi connectivity index (χ2v) is 6.40. The number of hydrogen-bond donors (Lipinski definition) is 1. The van der Waals surface area contributed by atoms with E-state index in [1.54, 1.807) is 0 Å². The van der Waals surface area contributed by atoms with Gasteiger partial charge in [-0.2, -0.15) is 83.1 Å². The standard InChI is InChI=1S/C8HF17O3S.Li/c9-1(10,3(13,14)5(17,18)7(21,22)23)2(11,12)4(15,16)6(19,20)8(24,25)29(26,27)28;/h(H,26,27,28);. The molecule has 0 rings (SSSR count). The van der Waals surface area contributed by atoms with Crippen molar-refractivity contribution in [2.24, 2.45) is 0 Å². The Kier molecular flexibility index (Phi) is 7.81. The van der Waals surface area contributed by atoms with Gasteiger partial charge in [-0.15, -0.1) is 0 Å². The number of alkyl halides is 17. The Hall–Kier alpha value is -0.683. The van der Waals surface area contributed by atoms with E-state index in [1.165, 1.54) is 0 Å². The van der Waals surface area contributed by atoms with E-state index < -0.39 is 57.1 Å². The van der Waals surface area contributed by atoms with Gasteiger partial charge in [-0.3, -0.25) is 4.55 Å². The molecule has 0 aromatic carbocycles. The minimum atomic E-state index is -8.89. The third kappa shape index (κ3) is 3.72. The largest absolute Gasteiger partial charge is 0.460 e. The maximum absolute atomic E-state index is 13.0. The van der Waals surface area contributed by atoms with E-state index in [-0.39, 0.29) is 18.9 Å². The molecule has 0 heterocycles. The van der Waals surface area contributed by atoms with Gasteiger partial charge in [0.2, 0.25) is 0 Å². The summed E-state index contributed by atoms with van der Waals surface area (Å²) in [6.45, 7) is 0. The molecule has 30 heavy (non-hydrogen) atoms. The zero-order valence-electron chi connectivity index (χ0n) is 13.1. The number of halogens is 17. The molecule has 22 heteroatoms. The van der Waals surface area contributed by atoms with E-state index in [9.17, 15) is 83.1 Å². The van der Waals surface area contributed by atoms with Crippen LogP contribution < -0.4 is 0 Å². The van der Waals surface area contributed by atoms with Crippen molar-refractivity contribution in [1.29, 1.82) is 0 Å². The maximum Gasteiger partial charge on any atom is 0.460 e. The molecule has 0 fully saturated rings. The van der Waals surface area contributed by atoms with Crippen LogP contribution in [0.4, 0.5) is 74.6 Å². The van der Waals surface area contributed by atoms with E-state index in [0.717, 1.165) is 0 Å². The van der Waals surface area contributed by atoms with Crippen molar-refractivity contribution in [3.63, 3.8) is 0 Å². The van der Waals surface area contributed by atoms with Crippen molar-refractivity contribution in [2.75, 3.05) is 0 Å². The normalized spacial score (nSPS) is 16.3. The molecule has 0 bridgehead atoms. The molecule has 0 spiro atoms. The molecule has 177 valence electrons. The zero-order chi connectivity index (χ0) is 24.5. The molecule has 0 atom stereocenters. The van der Waals surface area contributed by atoms with Gasteiger partial charge in [-0.05, 0) is 0 Å². The smallest absolute Gasteiger partial charge is 0.281 e. The third-order valence-electron chi connectivity index (χ3n) is 3.02. The molecule has 0 unspecified atom stereocenters. The van der Waals surface area contributed by atoms with Gasteiger partial charge in [0, 0.05) is 18.9 Å². The minimum absolute atomic E-state index is 0. The first kappa shape index (κ1) is 31.5. The first-order valence-electron chi connectivity index (χ1n) is 5.68. The van der Waals surface area contributed by atoms with Crippen molar-refractivity contribution in [3.05, 3.63) is 0 Å². The van der Waals surface area contributed by atoms with Crippen LogP contribution in [0.25, 0.3) is 0 Å². The van der Waals surface area contributed by atoms with Crippen LogP contribution in [-0.2, 0) is 10.1 Å². The molecule has 0 aromatic rings. The molecule has 0 aliphatic heterocycles. The summed E-state index contributed by atoms with van der Waals surface area (Å²) in [4.78, 5) is 0. The first-order valence-corrected chi connectivity index (χ1v) is 7.12. The summed E-state index contributed by atoms with van der Waals surface area (Å²) in [7, 11) is -7.89. The molecule has 0 aliphatic carbocycles. The van der Waals surface area contributed by atoms with Crippen molar-refractivity contribution < 1.29 is 87.6 Å². The molecular formula is C8HF17LiO3S. The van der Waals surface area contributed by atoms with Crippen LogP contribution in [0.15, 0.2) is 0 Å². The SMILES string of the molecule is O=S(=O)(O)C(F)(F)C(F)(F)C(F)(F)C(F)(F)C(F)(F)C(F)(F)C(F)(F)C(F)(F)F.[Li]. The van der Waals surface area contributed by atoms with Crippen LogP contribution in [-0.4, -0.2) is 78.8 Å². The molecule has 0 saturated heterocycles. The third-order valence-corrected chi connectivity index (χ3v) is 3.92. The molecule has 0 aliphatic rings. The van der Waals surface area contributed by atoms with Crippen LogP contribution in [0.2, 0.25) is 0 Å². The summed E-state index contributed by atoms with van der Waals surface area (Å²) in [5, 5.41) is -7.84. The van der Waals surface area contributed by atoms with Crippen molar-refractivity contribution in [1.82, 2.24) is 0 Å². The summed E-state index contributed by atoms with van der Waals surface area (Å²) < 4.78 is 242. The van der Waals surface area contributed by atoms with Crippen molar-refractivity contribution in [2.45, 2.75) is 47.0 Å². The van der Waals surface area contributed by atoms with E-state index >= 15 is 0 Å². The van der Waals surface area contributed by atoms with Gasteiger partial charge in [-0.25, -0.2) is 0 Å². The minimum Gasteiger partial charge on any atom is -0.281 e. The zero-order valence-corrected chi connectivity index (χ0v) is 13.9. The predicted octanol–water partition coefficient (Wildman–Crippen LogP) is 4.46. The molecular weight excluding hydrogens is 506 g/mol. The number of hydrogen-bond acceptors (Lipinski definition) is 2. The van der Waals surface area contributed by atoms with Gasteiger partial charge in [0.05, 0.1) is 0 Å². The number of rotatable bonds is 7. The fraction of sp³-hybridized carbons (Fsp3) is 1.00. The Balaban J connectivity index is 0. The van der Waals surface area contributed by atoms with Crippen LogP contribution in [0.3, 0.4) is 0 Å². The van der Waals surface area contributed by atoms with Crippen LogP contribution in [0.5, 0.6) is 0 Å². The monoisotopic (exact) mass is 507 g/mol. The Bertz CT molecular complexity index is 739. The Labute approximate surface area is 164 Å². The second kappa shape index (κ2) is 7.43. The quantitative estimate of drug-likeness (QED) is 0.315. The fourth-order valence-electron chi connectivity index (χ4n) is 1.31.